The summed E-state index contributed by atoms with van der Waals surface area (Å²) >= 11 is 6.15. The first-order valence-electron chi connectivity index (χ1n) is 5.78. The van der Waals surface area contributed by atoms with E-state index in [1.54, 1.807) is 24.0 Å². The van der Waals surface area contributed by atoms with Crippen molar-refractivity contribution in [3.05, 3.63) is 35.1 Å². The van der Waals surface area contributed by atoms with Crippen LogP contribution in [0.15, 0.2) is 18.2 Å². The number of hydrogen-bond donors (Lipinski definition) is 0. The summed E-state index contributed by atoms with van der Waals surface area (Å²) < 4.78 is 13.1. The highest BCUT2D eigenvalue weighted by Gasteiger charge is 2.26. The second-order valence-electron chi connectivity index (χ2n) is 4.40. The molecule has 1 fully saturated rings. The topological polar surface area (TPSA) is 20.3 Å². The van der Waals surface area contributed by atoms with Crippen LogP contribution in [0, 0.1) is 12.7 Å². The fourth-order valence-electron chi connectivity index (χ4n) is 2.07. The molecule has 92 valence electrons. The van der Waals surface area contributed by atoms with Gasteiger partial charge in [-0.3, -0.25) is 4.79 Å². The van der Waals surface area contributed by atoms with Gasteiger partial charge in [0.2, 0.25) is 5.91 Å². The Hall–Kier alpha value is -1.09. The van der Waals surface area contributed by atoms with Crippen molar-refractivity contribution in [1.29, 1.82) is 0 Å². The summed E-state index contributed by atoms with van der Waals surface area (Å²) in [5, 5.41) is -0.701. The van der Waals surface area contributed by atoms with Crippen LogP contribution in [0.5, 0.6) is 0 Å². The number of carbonyl (C=O) groups is 1. The summed E-state index contributed by atoms with van der Waals surface area (Å²) in [6.07, 6.45) is 2.08. The molecule has 1 aliphatic heterocycles. The third-order valence-electron chi connectivity index (χ3n) is 3.11. The number of hydrogen-bond acceptors (Lipinski definition) is 1. The summed E-state index contributed by atoms with van der Waals surface area (Å²) in [7, 11) is 0. The molecule has 1 amide bonds. The molecule has 0 bridgehead atoms. The van der Waals surface area contributed by atoms with E-state index in [4.69, 9.17) is 11.6 Å². The predicted molar refractivity (Wildman–Crippen MR) is 65.5 cm³/mol. The zero-order valence-electron chi connectivity index (χ0n) is 9.75. The van der Waals surface area contributed by atoms with E-state index in [1.165, 1.54) is 6.07 Å². The fourth-order valence-corrected chi connectivity index (χ4v) is 2.34. The molecule has 2 rings (SSSR count). The van der Waals surface area contributed by atoms with Gasteiger partial charge in [-0.15, -0.1) is 11.6 Å². The van der Waals surface area contributed by atoms with Crippen LogP contribution in [-0.2, 0) is 4.79 Å². The van der Waals surface area contributed by atoms with Crippen LogP contribution in [0.25, 0.3) is 0 Å². The van der Waals surface area contributed by atoms with E-state index in [0.29, 0.717) is 11.1 Å². The van der Waals surface area contributed by atoms with Crippen LogP contribution in [0.2, 0.25) is 0 Å². The first-order chi connectivity index (χ1) is 8.09. The highest BCUT2D eigenvalue weighted by molar-refractivity contribution is 6.30. The third kappa shape index (κ3) is 2.60. The Bertz CT molecular complexity index is 429. The van der Waals surface area contributed by atoms with Crippen molar-refractivity contribution in [3.8, 4) is 0 Å². The van der Waals surface area contributed by atoms with E-state index in [2.05, 4.69) is 0 Å². The Morgan fingerprint density at radius 2 is 2.06 bits per heavy atom. The van der Waals surface area contributed by atoms with Gasteiger partial charge in [0.15, 0.2) is 0 Å². The zero-order valence-corrected chi connectivity index (χ0v) is 10.5. The van der Waals surface area contributed by atoms with Crippen LogP contribution in [0.1, 0.15) is 29.3 Å². The number of halogens is 2. The summed E-state index contributed by atoms with van der Waals surface area (Å²) in [6, 6.07) is 4.58. The number of aryl methyl sites for hydroxylation is 1. The van der Waals surface area contributed by atoms with Crippen molar-refractivity contribution < 1.29 is 9.18 Å². The normalized spacial score (nSPS) is 17.2. The van der Waals surface area contributed by atoms with E-state index in [0.717, 1.165) is 25.9 Å². The maximum absolute atomic E-state index is 13.1. The smallest absolute Gasteiger partial charge is 0.245 e. The van der Waals surface area contributed by atoms with Crippen LogP contribution in [0.4, 0.5) is 4.39 Å². The van der Waals surface area contributed by atoms with Crippen molar-refractivity contribution in [1.82, 2.24) is 4.90 Å². The van der Waals surface area contributed by atoms with E-state index < -0.39 is 5.38 Å². The Labute approximate surface area is 105 Å². The SMILES string of the molecule is Cc1cc(C(Cl)C(=O)N2CCCC2)ccc1F. The largest absolute Gasteiger partial charge is 0.341 e. The van der Waals surface area contributed by atoms with Crippen LogP contribution >= 0.6 is 11.6 Å². The molecule has 0 N–H and O–H groups in total. The molecule has 0 spiro atoms. The summed E-state index contributed by atoms with van der Waals surface area (Å²) in [5.41, 5.74) is 1.19. The third-order valence-corrected chi connectivity index (χ3v) is 3.55. The average Bonchev–Trinajstić information content (AvgIpc) is 2.84. The van der Waals surface area contributed by atoms with Crippen molar-refractivity contribution >= 4 is 17.5 Å². The lowest BCUT2D eigenvalue weighted by atomic mass is 10.1. The molecule has 0 radical (unpaired) electrons. The lowest BCUT2D eigenvalue weighted by Crippen LogP contribution is -2.30. The first kappa shape index (κ1) is 12.4. The molecule has 2 nitrogen and oxygen atoms in total. The number of likely N-dealkylation sites (tertiary alicyclic amines) is 1. The Morgan fingerprint density at radius 1 is 1.41 bits per heavy atom. The Balaban J connectivity index is 2.15. The van der Waals surface area contributed by atoms with E-state index >= 15 is 0 Å². The minimum Gasteiger partial charge on any atom is -0.341 e. The first-order valence-corrected chi connectivity index (χ1v) is 6.22. The maximum Gasteiger partial charge on any atom is 0.245 e. The van der Waals surface area contributed by atoms with Gasteiger partial charge in [-0.25, -0.2) is 4.39 Å². The average molecular weight is 256 g/mol. The van der Waals surface area contributed by atoms with E-state index in [1.807, 2.05) is 0 Å². The van der Waals surface area contributed by atoms with Gasteiger partial charge in [0.25, 0.3) is 0 Å². The molecule has 1 heterocycles. The van der Waals surface area contributed by atoms with Crippen molar-refractivity contribution in [2.24, 2.45) is 0 Å². The van der Waals surface area contributed by atoms with Gasteiger partial charge in [0, 0.05) is 13.1 Å². The van der Waals surface area contributed by atoms with Crippen molar-refractivity contribution in [3.63, 3.8) is 0 Å². The molecule has 1 saturated heterocycles. The van der Waals surface area contributed by atoms with Gasteiger partial charge in [-0.05, 0) is 37.0 Å². The molecule has 0 aliphatic carbocycles. The standard InChI is InChI=1S/C13H15ClFNO/c1-9-8-10(4-5-11(9)15)12(14)13(17)16-6-2-3-7-16/h4-5,8,12H,2-3,6-7H2,1H3. The quantitative estimate of drug-likeness (QED) is 0.744. The van der Waals surface area contributed by atoms with Crippen LogP contribution in [0.3, 0.4) is 0 Å². The maximum atomic E-state index is 13.1. The molecule has 1 aromatic rings. The number of nitrogens with zero attached hydrogens (tertiary/aromatic N) is 1. The van der Waals surface area contributed by atoms with Crippen molar-refractivity contribution in [2.75, 3.05) is 13.1 Å². The van der Waals surface area contributed by atoms with Gasteiger partial charge >= 0.3 is 0 Å². The lowest BCUT2D eigenvalue weighted by Gasteiger charge is -2.19. The summed E-state index contributed by atoms with van der Waals surface area (Å²) in [5.74, 6) is -0.346. The number of amides is 1. The van der Waals surface area contributed by atoms with Crippen molar-refractivity contribution in [2.45, 2.75) is 25.1 Å². The van der Waals surface area contributed by atoms with Crippen LogP contribution in [-0.4, -0.2) is 23.9 Å². The second kappa shape index (κ2) is 5.05. The lowest BCUT2D eigenvalue weighted by molar-refractivity contribution is -0.129. The Morgan fingerprint density at radius 3 is 2.65 bits per heavy atom. The highest BCUT2D eigenvalue weighted by atomic mass is 35.5. The number of alkyl halides is 1. The molecule has 1 aliphatic rings. The summed E-state index contributed by atoms with van der Waals surface area (Å²) in [4.78, 5) is 13.8. The molecule has 1 atom stereocenters. The number of carbonyl (C=O) groups excluding carboxylic acids is 1. The number of rotatable bonds is 2. The minimum absolute atomic E-state index is 0.0739. The monoisotopic (exact) mass is 255 g/mol. The molecule has 17 heavy (non-hydrogen) atoms. The van der Waals surface area contributed by atoms with E-state index in [9.17, 15) is 9.18 Å². The second-order valence-corrected chi connectivity index (χ2v) is 4.84. The molecule has 1 aromatic carbocycles. The van der Waals surface area contributed by atoms with Gasteiger partial charge in [-0.2, -0.15) is 0 Å². The Kier molecular flexibility index (Phi) is 3.67. The molecule has 1 unspecified atom stereocenters. The zero-order chi connectivity index (χ0) is 12.4. The van der Waals surface area contributed by atoms with Crippen LogP contribution < -0.4 is 0 Å². The van der Waals surface area contributed by atoms with Gasteiger partial charge in [0.05, 0.1) is 0 Å². The molecule has 0 aromatic heterocycles. The van der Waals surface area contributed by atoms with Gasteiger partial charge < -0.3 is 4.90 Å². The fraction of sp³-hybridized carbons (Fsp3) is 0.462. The van der Waals surface area contributed by atoms with E-state index in [-0.39, 0.29) is 11.7 Å². The molecule has 0 saturated carbocycles. The minimum atomic E-state index is -0.701. The predicted octanol–water partition coefficient (Wildman–Crippen LogP) is 3.04. The highest BCUT2D eigenvalue weighted by Crippen LogP contribution is 2.26. The van der Waals surface area contributed by atoms with Gasteiger partial charge in [0.1, 0.15) is 11.2 Å². The molecular weight excluding hydrogens is 241 g/mol. The summed E-state index contributed by atoms with van der Waals surface area (Å²) in [6.45, 7) is 3.23. The van der Waals surface area contributed by atoms with Gasteiger partial charge in [-0.1, -0.05) is 12.1 Å². The number of benzene rings is 1. The molecule has 4 heteroatoms. The molecular formula is C13H15ClFNO.